The standard InChI is InChI=1S/C13H13F4NO2/c1-7(2)10(19)6-18-12(20)8-4-3-5-9(11(8)14)13(15,16)17/h3-5,7H,6H2,1-2H3,(H,18,20). The molecule has 0 aliphatic carbocycles. The van der Waals surface area contributed by atoms with Gasteiger partial charge in [-0.25, -0.2) is 4.39 Å². The van der Waals surface area contributed by atoms with Gasteiger partial charge in [0.15, 0.2) is 5.78 Å². The molecule has 0 aromatic heterocycles. The van der Waals surface area contributed by atoms with Crippen LogP contribution in [0.2, 0.25) is 0 Å². The lowest BCUT2D eigenvalue weighted by atomic mass is 10.1. The molecular weight excluding hydrogens is 278 g/mol. The predicted molar refractivity (Wildman–Crippen MR) is 63.6 cm³/mol. The topological polar surface area (TPSA) is 46.2 Å². The van der Waals surface area contributed by atoms with E-state index in [1.165, 1.54) is 0 Å². The van der Waals surface area contributed by atoms with Gasteiger partial charge in [0.1, 0.15) is 5.82 Å². The largest absolute Gasteiger partial charge is 0.419 e. The van der Waals surface area contributed by atoms with E-state index in [1.54, 1.807) is 13.8 Å². The summed E-state index contributed by atoms with van der Waals surface area (Å²) in [4.78, 5) is 22.9. The molecule has 0 saturated carbocycles. The Morgan fingerprint density at radius 3 is 2.35 bits per heavy atom. The minimum Gasteiger partial charge on any atom is -0.345 e. The first-order chi connectivity index (χ1) is 9.14. The number of alkyl halides is 3. The maximum absolute atomic E-state index is 13.6. The average molecular weight is 291 g/mol. The third kappa shape index (κ3) is 3.79. The highest BCUT2D eigenvalue weighted by atomic mass is 19.4. The van der Waals surface area contributed by atoms with Crippen LogP contribution < -0.4 is 5.32 Å². The molecule has 0 aliphatic heterocycles. The number of amides is 1. The van der Waals surface area contributed by atoms with Gasteiger partial charge in [0.2, 0.25) is 0 Å². The SMILES string of the molecule is CC(C)C(=O)CNC(=O)c1cccc(C(F)(F)F)c1F. The normalized spacial score (nSPS) is 11.6. The Hall–Kier alpha value is -1.92. The number of halogens is 4. The first-order valence-corrected chi connectivity index (χ1v) is 5.81. The molecule has 0 spiro atoms. The van der Waals surface area contributed by atoms with E-state index in [2.05, 4.69) is 5.32 Å². The van der Waals surface area contributed by atoms with Gasteiger partial charge in [-0.3, -0.25) is 9.59 Å². The lowest BCUT2D eigenvalue weighted by Crippen LogP contribution is -2.32. The van der Waals surface area contributed by atoms with E-state index in [4.69, 9.17) is 0 Å². The molecule has 1 rings (SSSR count). The number of benzene rings is 1. The van der Waals surface area contributed by atoms with E-state index in [0.29, 0.717) is 6.07 Å². The number of hydrogen-bond donors (Lipinski definition) is 1. The maximum atomic E-state index is 13.6. The van der Waals surface area contributed by atoms with Crippen LogP contribution >= 0.6 is 0 Å². The molecule has 3 nitrogen and oxygen atoms in total. The van der Waals surface area contributed by atoms with E-state index in [1.807, 2.05) is 0 Å². The third-order valence-electron chi connectivity index (χ3n) is 2.62. The summed E-state index contributed by atoms with van der Waals surface area (Å²) >= 11 is 0. The molecule has 0 saturated heterocycles. The minimum absolute atomic E-state index is 0.300. The van der Waals surface area contributed by atoms with Gasteiger partial charge in [0, 0.05) is 5.92 Å². The summed E-state index contributed by atoms with van der Waals surface area (Å²) in [7, 11) is 0. The Labute approximate surface area is 113 Å². The molecule has 1 amide bonds. The van der Waals surface area contributed by atoms with Crippen LogP contribution in [0.25, 0.3) is 0 Å². The van der Waals surface area contributed by atoms with Crippen molar-refractivity contribution in [3.8, 4) is 0 Å². The fraction of sp³-hybridized carbons (Fsp3) is 0.385. The Morgan fingerprint density at radius 2 is 1.85 bits per heavy atom. The molecule has 0 atom stereocenters. The van der Waals surface area contributed by atoms with Gasteiger partial charge >= 0.3 is 6.18 Å². The third-order valence-corrected chi connectivity index (χ3v) is 2.62. The molecule has 1 N–H and O–H groups in total. The first-order valence-electron chi connectivity index (χ1n) is 5.81. The van der Waals surface area contributed by atoms with E-state index in [0.717, 1.165) is 12.1 Å². The monoisotopic (exact) mass is 291 g/mol. The summed E-state index contributed by atoms with van der Waals surface area (Å²) in [5.41, 5.74) is -2.25. The Balaban J connectivity index is 2.92. The van der Waals surface area contributed by atoms with Gasteiger partial charge in [0.05, 0.1) is 17.7 Å². The van der Waals surface area contributed by atoms with Gasteiger partial charge in [-0.15, -0.1) is 0 Å². The molecule has 1 aromatic carbocycles. The van der Waals surface area contributed by atoms with Gasteiger partial charge in [-0.2, -0.15) is 13.2 Å². The number of rotatable bonds is 4. The summed E-state index contributed by atoms with van der Waals surface area (Å²) < 4.78 is 51.1. The van der Waals surface area contributed by atoms with Crippen LogP contribution in [0.15, 0.2) is 18.2 Å². The second-order valence-electron chi connectivity index (χ2n) is 4.47. The van der Waals surface area contributed by atoms with Gasteiger partial charge < -0.3 is 5.32 Å². The Kier molecular flexibility index (Phi) is 4.86. The molecule has 0 bridgehead atoms. The molecule has 0 heterocycles. The van der Waals surface area contributed by atoms with Crippen molar-refractivity contribution in [3.63, 3.8) is 0 Å². The predicted octanol–water partition coefficient (Wildman–Crippen LogP) is 2.80. The maximum Gasteiger partial charge on any atom is 0.419 e. The summed E-state index contributed by atoms with van der Waals surface area (Å²) in [5.74, 6) is -3.33. The van der Waals surface area contributed by atoms with E-state index in [-0.39, 0.29) is 18.2 Å². The van der Waals surface area contributed by atoms with Crippen LogP contribution in [-0.2, 0) is 11.0 Å². The molecule has 20 heavy (non-hydrogen) atoms. The van der Waals surface area contributed by atoms with Crippen molar-refractivity contribution in [1.82, 2.24) is 5.32 Å². The second kappa shape index (κ2) is 6.02. The average Bonchev–Trinajstić information content (AvgIpc) is 2.34. The number of ketones is 1. The summed E-state index contributed by atoms with van der Waals surface area (Å²) in [6, 6.07) is 2.41. The number of hydrogen-bond acceptors (Lipinski definition) is 2. The second-order valence-corrected chi connectivity index (χ2v) is 4.47. The van der Waals surface area contributed by atoms with Crippen LogP contribution in [0.1, 0.15) is 29.8 Å². The Morgan fingerprint density at radius 1 is 1.25 bits per heavy atom. The molecule has 0 unspecified atom stereocenters. The van der Waals surface area contributed by atoms with Crippen molar-refractivity contribution in [2.45, 2.75) is 20.0 Å². The van der Waals surface area contributed by atoms with Crippen molar-refractivity contribution in [1.29, 1.82) is 0 Å². The minimum atomic E-state index is -4.88. The number of Topliss-reactive ketones (excluding diaryl/α,β-unsaturated/α-hetero) is 1. The van der Waals surface area contributed by atoms with Crippen molar-refractivity contribution in [2.24, 2.45) is 5.92 Å². The highest BCUT2D eigenvalue weighted by Gasteiger charge is 2.35. The van der Waals surface area contributed by atoms with Crippen molar-refractivity contribution in [2.75, 3.05) is 6.54 Å². The van der Waals surface area contributed by atoms with Crippen LogP contribution in [0.4, 0.5) is 17.6 Å². The van der Waals surface area contributed by atoms with Crippen LogP contribution in [0.3, 0.4) is 0 Å². The lowest BCUT2D eigenvalue weighted by Gasteiger charge is -2.11. The van der Waals surface area contributed by atoms with Gasteiger partial charge in [-0.1, -0.05) is 19.9 Å². The quantitative estimate of drug-likeness (QED) is 0.867. The first kappa shape index (κ1) is 16.1. The van der Waals surface area contributed by atoms with Crippen molar-refractivity contribution >= 4 is 11.7 Å². The molecule has 7 heteroatoms. The molecule has 0 fully saturated rings. The zero-order chi connectivity index (χ0) is 15.5. The highest BCUT2D eigenvalue weighted by molar-refractivity contribution is 5.97. The van der Waals surface area contributed by atoms with Gasteiger partial charge in [0.25, 0.3) is 5.91 Å². The zero-order valence-corrected chi connectivity index (χ0v) is 10.8. The van der Waals surface area contributed by atoms with E-state index < -0.39 is 29.0 Å². The van der Waals surface area contributed by atoms with Gasteiger partial charge in [-0.05, 0) is 12.1 Å². The summed E-state index contributed by atoms with van der Waals surface area (Å²) in [5, 5.41) is 2.10. The molecule has 110 valence electrons. The summed E-state index contributed by atoms with van der Waals surface area (Å²) in [6.07, 6.45) is -4.88. The molecular formula is C13H13F4NO2. The van der Waals surface area contributed by atoms with Crippen molar-refractivity contribution < 1.29 is 27.2 Å². The molecule has 1 aromatic rings. The fourth-order valence-electron chi connectivity index (χ4n) is 1.39. The number of nitrogens with one attached hydrogen (secondary N) is 1. The fourth-order valence-corrected chi connectivity index (χ4v) is 1.39. The van der Waals surface area contributed by atoms with Crippen molar-refractivity contribution in [3.05, 3.63) is 35.1 Å². The van der Waals surface area contributed by atoms with E-state index in [9.17, 15) is 27.2 Å². The lowest BCUT2D eigenvalue weighted by molar-refractivity contribution is -0.140. The van der Waals surface area contributed by atoms with Crippen LogP contribution in [-0.4, -0.2) is 18.2 Å². The summed E-state index contributed by atoms with van der Waals surface area (Å²) in [6.45, 7) is 2.87. The Bertz CT molecular complexity index is 524. The molecule has 0 aliphatic rings. The van der Waals surface area contributed by atoms with Crippen LogP contribution in [0, 0.1) is 11.7 Å². The number of carbonyl (C=O) groups excluding carboxylic acids is 2. The zero-order valence-electron chi connectivity index (χ0n) is 10.8. The molecule has 0 radical (unpaired) electrons. The smallest absolute Gasteiger partial charge is 0.345 e. The number of carbonyl (C=O) groups is 2. The van der Waals surface area contributed by atoms with E-state index >= 15 is 0 Å². The van der Waals surface area contributed by atoms with Crippen LogP contribution in [0.5, 0.6) is 0 Å². The highest BCUT2D eigenvalue weighted by Crippen LogP contribution is 2.32.